The van der Waals surface area contributed by atoms with Crippen molar-refractivity contribution in [2.45, 2.75) is 78.4 Å². The summed E-state index contributed by atoms with van der Waals surface area (Å²) in [6.45, 7) is 9.78. The molecule has 1 aromatic rings. The average Bonchev–Trinajstić information content (AvgIpc) is 2.81. The molecule has 0 saturated carbocycles. The number of hydrogen-bond acceptors (Lipinski definition) is 6. The number of aliphatic hydroxyl groups excluding tert-OH is 1. The first-order chi connectivity index (χ1) is 16.4. The number of ketones is 1. The molecule has 0 heterocycles. The molecular formula is C29H38O6. The predicted octanol–water partition coefficient (Wildman–Crippen LogP) is 4.98. The highest BCUT2D eigenvalue weighted by Crippen LogP contribution is 2.34. The molecule has 1 aliphatic rings. The van der Waals surface area contributed by atoms with Gasteiger partial charge >= 0.3 is 11.9 Å². The zero-order chi connectivity index (χ0) is 26.2. The zero-order valence-electron chi connectivity index (χ0n) is 21.7. The summed E-state index contributed by atoms with van der Waals surface area (Å²) in [5, 5.41) is 10.4. The highest BCUT2D eigenvalue weighted by atomic mass is 16.6. The minimum atomic E-state index is -0.904. The molecule has 35 heavy (non-hydrogen) atoms. The second-order valence-electron chi connectivity index (χ2n) is 9.89. The number of aliphatic hydroxyl groups is 1. The molecule has 190 valence electrons. The van der Waals surface area contributed by atoms with E-state index in [-0.39, 0.29) is 18.8 Å². The van der Waals surface area contributed by atoms with Crippen LogP contribution in [0.4, 0.5) is 0 Å². The first-order valence-corrected chi connectivity index (χ1v) is 12.1. The minimum Gasteiger partial charge on any atom is -0.463 e. The molecule has 6 nitrogen and oxygen atoms in total. The number of hydrogen-bond donors (Lipinski definition) is 1. The van der Waals surface area contributed by atoms with E-state index in [0.717, 1.165) is 29.4 Å². The second-order valence-corrected chi connectivity index (χ2v) is 9.89. The van der Waals surface area contributed by atoms with Gasteiger partial charge in [-0.1, -0.05) is 55.0 Å². The Kier molecular flexibility index (Phi) is 9.78. The highest BCUT2D eigenvalue weighted by Gasteiger charge is 2.37. The molecular weight excluding hydrogens is 444 g/mol. The lowest BCUT2D eigenvalue weighted by molar-refractivity contribution is -0.166. The standard InChI is InChI=1S/C29H38O6/c1-7-28(4,5)27(33)35-29(15-9-8-10-16-29)19-22-18-20(2)17-21(3)24(22)13-11-23(30)12-14-25(31)26(32)34-6/h8-11,13,15,17-18,23,30H,7,12,14,16,19H2,1-6H3. The molecule has 0 bridgehead atoms. The lowest BCUT2D eigenvalue weighted by Crippen LogP contribution is -2.40. The maximum Gasteiger partial charge on any atom is 0.374 e. The maximum atomic E-state index is 13.0. The topological polar surface area (TPSA) is 89.9 Å². The number of rotatable bonds is 11. The quantitative estimate of drug-likeness (QED) is 0.354. The number of carbonyl (C=O) groups excluding carboxylic acids is 3. The Balaban J connectivity index is 2.31. The summed E-state index contributed by atoms with van der Waals surface area (Å²) in [5.41, 5.74) is 2.66. The van der Waals surface area contributed by atoms with Gasteiger partial charge < -0.3 is 14.6 Å². The number of esters is 2. The van der Waals surface area contributed by atoms with Crippen LogP contribution in [-0.2, 0) is 30.3 Å². The van der Waals surface area contributed by atoms with Gasteiger partial charge in [0.15, 0.2) is 0 Å². The van der Waals surface area contributed by atoms with Gasteiger partial charge in [0.2, 0.25) is 5.78 Å². The van der Waals surface area contributed by atoms with Crippen molar-refractivity contribution in [3.05, 3.63) is 64.8 Å². The summed E-state index contributed by atoms with van der Waals surface area (Å²) in [4.78, 5) is 36.0. The van der Waals surface area contributed by atoms with Crippen LogP contribution < -0.4 is 0 Å². The van der Waals surface area contributed by atoms with Crippen LogP contribution in [0.15, 0.2) is 42.5 Å². The van der Waals surface area contributed by atoms with Gasteiger partial charge in [-0.2, -0.15) is 0 Å². The third-order valence-electron chi connectivity index (χ3n) is 6.51. The monoisotopic (exact) mass is 482 g/mol. The summed E-state index contributed by atoms with van der Waals surface area (Å²) in [6.07, 6.45) is 12.1. The maximum absolute atomic E-state index is 13.0. The van der Waals surface area contributed by atoms with E-state index < -0.39 is 28.9 Å². The number of benzene rings is 1. The molecule has 2 rings (SSSR count). The number of ether oxygens (including phenoxy) is 2. The molecule has 1 aromatic carbocycles. The zero-order valence-corrected chi connectivity index (χ0v) is 21.7. The largest absolute Gasteiger partial charge is 0.463 e. The summed E-state index contributed by atoms with van der Waals surface area (Å²) < 4.78 is 10.6. The Morgan fingerprint density at radius 3 is 2.51 bits per heavy atom. The van der Waals surface area contributed by atoms with E-state index in [1.165, 1.54) is 0 Å². The molecule has 1 N–H and O–H groups in total. The van der Waals surface area contributed by atoms with Crippen molar-refractivity contribution in [2.24, 2.45) is 5.41 Å². The van der Waals surface area contributed by atoms with Gasteiger partial charge in [0.1, 0.15) is 5.60 Å². The lowest BCUT2D eigenvalue weighted by atomic mass is 9.83. The van der Waals surface area contributed by atoms with Gasteiger partial charge in [0, 0.05) is 19.3 Å². The SMILES string of the molecule is CCC(C)(C)C(=O)OC1(Cc2cc(C)cc(C)c2C=CC(O)CCC(=O)C(=O)OC)C=CC=CC1. The van der Waals surface area contributed by atoms with Crippen molar-refractivity contribution in [3.8, 4) is 0 Å². The predicted molar refractivity (Wildman–Crippen MR) is 137 cm³/mol. The minimum absolute atomic E-state index is 0.0959. The van der Waals surface area contributed by atoms with Gasteiger partial charge in [0.25, 0.3) is 0 Å². The molecule has 6 heteroatoms. The van der Waals surface area contributed by atoms with E-state index in [1.807, 2.05) is 65.0 Å². The van der Waals surface area contributed by atoms with Gasteiger partial charge in [0.05, 0.1) is 18.6 Å². The molecule has 1 aliphatic carbocycles. The van der Waals surface area contributed by atoms with Crippen LogP contribution in [0, 0.1) is 19.3 Å². The molecule has 0 aromatic heterocycles. The number of allylic oxidation sites excluding steroid dienone is 2. The molecule has 0 fully saturated rings. The van der Waals surface area contributed by atoms with Crippen molar-refractivity contribution in [2.75, 3.05) is 7.11 Å². The second kappa shape index (κ2) is 12.1. The third-order valence-corrected chi connectivity index (χ3v) is 6.51. The smallest absolute Gasteiger partial charge is 0.374 e. The van der Waals surface area contributed by atoms with Crippen LogP contribution in [0.25, 0.3) is 6.08 Å². The molecule has 2 atom stereocenters. The summed E-state index contributed by atoms with van der Waals surface area (Å²) in [6, 6.07) is 4.14. The fraction of sp³-hybridized carbons (Fsp3) is 0.483. The van der Waals surface area contributed by atoms with Crippen LogP contribution in [0.3, 0.4) is 0 Å². The highest BCUT2D eigenvalue weighted by molar-refractivity contribution is 6.33. The Morgan fingerprint density at radius 2 is 1.91 bits per heavy atom. The van der Waals surface area contributed by atoms with Crippen LogP contribution in [0.1, 0.15) is 68.7 Å². The van der Waals surface area contributed by atoms with Crippen LogP contribution in [0.2, 0.25) is 0 Å². The van der Waals surface area contributed by atoms with E-state index in [4.69, 9.17) is 4.74 Å². The molecule has 0 amide bonds. The van der Waals surface area contributed by atoms with Crippen molar-refractivity contribution < 1.29 is 29.0 Å². The number of Topliss-reactive ketones (excluding diaryl/α,β-unsaturated/α-hetero) is 1. The Labute approximate surface area is 208 Å². The first kappa shape index (κ1) is 28.2. The fourth-order valence-electron chi connectivity index (χ4n) is 3.93. The van der Waals surface area contributed by atoms with E-state index in [9.17, 15) is 19.5 Å². The molecule has 0 spiro atoms. The van der Waals surface area contributed by atoms with Crippen molar-refractivity contribution in [1.29, 1.82) is 0 Å². The normalized spacial score (nSPS) is 18.5. The Hall–Kier alpha value is -2.99. The fourth-order valence-corrected chi connectivity index (χ4v) is 3.93. The Bertz CT molecular complexity index is 1030. The van der Waals surface area contributed by atoms with E-state index >= 15 is 0 Å². The van der Waals surface area contributed by atoms with Crippen molar-refractivity contribution in [3.63, 3.8) is 0 Å². The molecule has 0 saturated heterocycles. The molecule has 0 aliphatic heterocycles. The average molecular weight is 483 g/mol. The van der Waals surface area contributed by atoms with E-state index in [0.29, 0.717) is 19.3 Å². The number of aryl methyl sites for hydroxylation is 2. The van der Waals surface area contributed by atoms with Crippen LogP contribution in [-0.4, -0.2) is 41.6 Å². The van der Waals surface area contributed by atoms with Gasteiger partial charge in [-0.15, -0.1) is 0 Å². The number of carbonyl (C=O) groups is 3. The first-order valence-electron chi connectivity index (χ1n) is 12.1. The van der Waals surface area contributed by atoms with Crippen molar-refractivity contribution in [1.82, 2.24) is 0 Å². The van der Waals surface area contributed by atoms with E-state index in [2.05, 4.69) is 16.9 Å². The van der Waals surface area contributed by atoms with Gasteiger partial charge in [-0.25, -0.2) is 4.79 Å². The number of methoxy groups -OCH3 is 1. The van der Waals surface area contributed by atoms with Gasteiger partial charge in [-0.05, 0) is 63.3 Å². The van der Waals surface area contributed by atoms with Gasteiger partial charge in [-0.3, -0.25) is 9.59 Å². The summed E-state index contributed by atoms with van der Waals surface area (Å²) in [5.74, 6) is -1.80. The van der Waals surface area contributed by atoms with E-state index in [1.54, 1.807) is 6.08 Å². The van der Waals surface area contributed by atoms with Crippen LogP contribution in [0.5, 0.6) is 0 Å². The molecule has 0 radical (unpaired) electrons. The van der Waals surface area contributed by atoms with Crippen molar-refractivity contribution >= 4 is 23.8 Å². The lowest BCUT2D eigenvalue weighted by Gasteiger charge is -2.35. The Morgan fingerprint density at radius 1 is 1.20 bits per heavy atom. The molecule has 2 unspecified atom stereocenters. The summed E-state index contributed by atoms with van der Waals surface area (Å²) in [7, 11) is 1.16. The third kappa shape index (κ3) is 7.76. The summed E-state index contributed by atoms with van der Waals surface area (Å²) >= 11 is 0. The van der Waals surface area contributed by atoms with Crippen LogP contribution >= 0.6 is 0 Å².